The minimum atomic E-state index is 0.684. The fourth-order valence-electron chi connectivity index (χ4n) is 1.35. The lowest BCUT2D eigenvalue weighted by molar-refractivity contribution is 0.874. The number of thioether (sulfide) groups is 1. The van der Waals surface area contributed by atoms with Crippen LogP contribution in [0.25, 0.3) is 11.4 Å². The second-order valence-electron chi connectivity index (χ2n) is 3.71. The van der Waals surface area contributed by atoms with E-state index in [1.54, 1.807) is 0 Å². The highest BCUT2D eigenvalue weighted by Gasteiger charge is 2.08. The second-order valence-corrected chi connectivity index (χ2v) is 4.48. The van der Waals surface area contributed by atoms with E-state index in [0.717, 1.165) is 10.7 Å². The van der Waals surface area contributed by atoms with Gasteiger partial charge < -0.3 is 4.90 Å². The summed E-state index contributed by atoms with van der Waals surface area (Å²) >= 11 is 1.52. The predicted octanol–water partition coefficient (Wildman–Crippen LogP) is 2.33. The van der Waals surface area contributed by atoms with E-state index < -0.39 is 0 Å². The fraction of sp³-hybridized carbons (Fsp3) is 0.250. The lowest BCUT2D eigenvalue weighted by Crippen LogP contribution is -2.14. The van der Waals surface area contributed by atoms with Crippen molar-refractivity contribution in [3.8, 4) is 11.4 Å². The number of aromatic nitrogens is 3. The monoisotopic (exact) mass is 246 g/mol. The van der Waals surface area contributed by atoms with Gasteiger partial charge in [0.2, 0.25) is 5.95 Å². The Bertz CT molecular complexity index is 499. The molecule has 5 heteroatoms. The first-order valence-electron chi connectivity index (χ1n) is 5.23. The van der Waals surface area contributed by atoms with Gasteiger partial charge in [-0.15, -0.1) is 0 Å². The summed E-state index contributed by atoms with van der Waals surface area (Å²) in [6, 6.07) is 9.94. The molecule has 0 unspecified atom stereocenters. The predicted molar refractivity (Wildman–Crippen MR) is 71.4 cm³/mol. The maximum Gasteiger partial charge on any atom is 0.229 e. The Hall–Kier alpha value is -1.62. The number of nitrogens with zero attached hydrogens (tertiary/aromatic N) is 4. The van der Waals surface area contributed by atoms with E-state index in [2.05, 4.69) is 15.0 Å². The maximum atomic E-state index is 4.44. The van der Waals surface area contributed by atoms with Gasteiger partial charge >= 0.3 is 0 Å². The van der Waals surface area contributed by atoms with Crippen LogP contribution in [0.3, 0.4) is 0 Å². The molecule has 0 aliphatic heterocycles. The summed E-state index contributed by atoms with van der Waals surface area (Å²) in [5.74, 6) is 1.40. The molecule has 2 rings (SSSR count). The van der Waals surface area contributed by atoms with Crippen LogP contribution >= 0.6 is 11.8 Å². The van der Waals surface area contributed by atoms with Gasteiger partial charge in [0.25, 0.3) is 0 Å². The van der Waals surface area contributed by atoms with E-state index in [-0.39, 0.29) is 0 Å². The van der Waals surface area contributed by atoms with Gasteiger partial charge in [-0.3, -0.25) is 0 Å². The van der Waals surface area contributed by atoms with Crippen molar-refractivity contribution in [3.63, 3.8) is 0 Å². The number of rotatable bonds is 3. The van der Waals surface area contributed by atoms with E-state index in [1.165, 1.54) is 11.8 Å². The lowest BCUT2D eigenvalue weighted by atomic mass is 10.2. The van der Waals surface area contributed by atoms with Crippen LogP contribution in [0.4, 0.5) is 5.95 Å². The van der Waals surface area contributed by atoms with Gasteiger partial charge in [-0.2, -0.15) is 9.97 Å². The molecule has 88 valence electrons. The lowest BCUT2D eigenvalue weighted by Gasteiger charge is -2.11. The van der Waals surface area contributed by atoms with Crippen molar-refractivity contribution in [2.24, 2.45) is 0 Å². The first-order valence-corrected chi connectivity index (χ1v) is 6.46. The van der Waals surface area contributed by atoms with E-state index >= 15 is 0 Å². The van der Waals surface area contributed by atoms with Gasteiger partial charge in [-0.1, -0.05) is 42.1 Å². The maximum absolute atomic E-state index is 4.44. The van der Waals surface area contributed by atoms with Crippen molar-refractivity contribution in [2.75, 3.05) is 25.3 Å². The van der Waals surface area contributed by atoms with Crippen LogP contribution in [0.1, 0.15) is 0 Å². The molecule has 0 saturated heterocycles. The normalized spacial score (nSPS) is 10.3. The molecule has 0 radical (unpaired) electrons. The van der Waals surface area contributed by atoms with Crippen LogP contribution in [0.5, 0.6) is 0 Å². The van der Waals surface area contributed by atoms with Crippen LogP contribution < -0.4 is 4.90 Å². The molecule has 0 atom stereocenters. The van der Waals surface area contributed by atoms with Crippen molar-refractivity contribution in [3.05, 3.63) is 30.3 Å². The summed E-state index contributed by atoms with van der Waals surface area (Å²) < 4.78 is 0. The standard InChI is InChI=1S/C12H14N4S/c1-16(2)11-13-10(14-12(15-11)17-3)9-7-5-4-6-8-9/h4-8H,1-3H3. The average molecular weight is 246 g/mol. The molecule has 1 aromatic heterocycles. The summed E-state index contributed by atoms with van der Waals surface area (Å²) in [6.07, 6.45) is 1.96. The minimum Gasteiger partial charge on any atom is -0.347 e. The summed E-state index contributed by atoms with van der Waals surface area (Å²) in [4.78, 5) is 15.1. The van der Waals surface area contributed by atoms with Gasteiger partial charge in [-0.05, 0) is 6.26 Å². The van der Waals surface area contributed by atoms with Gasteiger partial charge in [0, 0.05) is 19.7 Å². The van der Waals surface area contributed by atoms with E-state index in [1.807, 2.05) is 55.6 Å². The quantitative estimate of drug-likeness (QED) is 0.777. The van der Waals surface area contributed by atoms with E-state index in [4.69, 9.17) is 0 Å². The van der Waals surface area contributed by atoms with Crippen LogP contribution in [-0.4, -0.2) is 35.3 Å². The number of hydrogen-bond acceptors (Lipinski definition) is 5. The first-order chi connectivity index (χ1) is 8.20. The van der Waals surface area contributed by atoms with Crippen molar-refractivity contribution in [1.82, 2.24) is 15.0 Å². The zero-order valence-electron chi connectivity index (χ0n) is 10.1. The molecule has 0 aliphatic rings. The largest absolute Gasteiger partial charge is 0.347 e. The van der Waals surface area contributed by atoms with Gasteiger partial charge in [0.05, 0.1) is 0 Å². The van der Waals surface area contributed by atoms with Crippen molar-refractivity contribution in [2.45, 2.75) is 5.16 Å². The number of hydrogen-bond donors (Lipinski definition) is 0. The highest BCUT2D eigenvalue weighted by atomic mass is 32.2. The highest BCUT2D eigenvalue weighted by molar-refractivity contribution is 7.98. The molecule has 0 aliphatic carbocycles. The Morgan fingerprint density at radius 3 is 2.29 bits per heavy atom. The highest BCUT2D eigenvalue weighted by Crippen LogP contribution is 2.19. The van der Waals surface area contributed by atoms with Gasteiger partial charge in [0.1, 0.15) is 0 Å². The number of benzene rings is 1. The molecule has 4 nitrogen and oxygen atoms in total. The molecule has 0 saturated carbocycles. The molecule has 17 heavy (non-hydrogen) atoms. The van der Waals surface area contributed by atoms with Gasteiger partial charge in [-0.25, -0.2) is 4.98 Å². The Balaban J connectivity index is 2.50. The van der Waals surface area contributed by atoms with Crippen LogP contribution in [0, 0.1) is 0 Å². The Morgan fingerprint density at radius 1 is 1.00 bits per heavy atom. The number of anilines is 1. The van der Waals surface area contributed by atoms with Crippen molar-refractivity contribution in [1.29, 1.82) is 0 Å². The van der Waals surface area contributed by atoms with E-state index in [0.29, 0.717) is 11.8 Å². The average Bonchev–Trinajstić information content (AvgIpc) is 2.39. The van der Waals surface area contributed by atoms with Gasteiger partial charge in [0.15, 0.2) is 11.0 Å². The third-order valence-corrected chi connectivity index (χ3v) is 2.77. The third kappa shape index (κ3) is 2.74. The second kappa shape index (κ2) is 5.14. The summed E-state index contributed by atoms with van der Waals surface area (Å²) in [5.41, 5.74) is 1.01. The van der Waals surface area contributed by atoms with E-state index in [9.17, 15) is 0 Å². The minimum absolute atomic E-state index is 0.684. The SMILES string of the molecule is CSc1nc(-c2ccccc2)nc(N(C)C)n1. The Kier molecular flexibility index (Phi) is 3.58. The molecular weight excluding hydrogens is 232 g/mol. The first kappa shape index (κ1) is 11.9. The van der Waals surface area contributed by atoms with Crippen molar-refractivity contribution < 1.29 is 0 Å². The molecule has 1 aromatic carbocycles. The molecule has 0 fully saturated rings. The molecule has 0 N–H and O–H groups in total. The van der Waals surface area contributed by atoms with Crippen LogP contribution in [-0.2, 0) is 0 Å². The van der Waals surface area contributed by atoms with Crippen LogP contribution in [0.15, 0.2) is 35.5 Å². The Morgan fingerprint density at radius 2 is 1.71 bits per heavy atom. The molecule has 0 amide bonds. The summed E-state index contributed by atoms with van der Waals surface area (Å²) in [6.45, 7) is 0. The molecule has 2 aromatic rings. The van der Waals surface area contributed by atoms with Crippen molar-refractivity contribution >= 4 is 17.7 Å². The summed E-state index contributed by atoms with van der Waals surface area (Å²) in [7, 11) is 3.85. The molecular formula is C12H14N4S. The zero-order valence-corrected chi connectivity index (χ0v) is 10.9. The zero-order chi connectivity index (χ0) is 12.3. The third-order valence-electron chi connectivity index (χ3n) is 2.22. The molecule has 0 bridgehead atoms. The molecule has 0 spiro atoms. The summed E-state index contributed by atoms with van der Waals surface area (Å²) in [5, 5.41) is 0.738. The Labute approximate surface area is 105 Å². The fourth-order valence-corrected chi connectivity index (χ4v) is 1.70. The smallest absolute Gasteiger partial charge is 0.229 e. The molecule has 1 heterocycles. The van der Waals surface area contributed by atoms with Crippen LogP contribution in [0.2, 0.25) is 0 Å². The topological polar surface area (TPSA) is 41.9 Å².